The fourth-order valence-corrected chi connectivity index (χ4v) is 3.54. The highest BCUT2D eigenvalue weighted by atomic mass is 16.2. The Hall–Kier alpha value is -1.80. The van der Waals surface area contributed by atoms with Gasteiger partial charge in [0.2, 0.25) is 0 Å². The molecule has 0 spiro atoms. The molecule has 0 saturated carbocycles. The maximum absolute atomic E-state index is 12.4. The van der Waals surface area contributed by atoms with E-state index in [9.17, 15) is 4.79 Å². The number of hydrogen-bond acceptors (Lipinski definition) is 3. The van der Waals surface area contributed by atoms with E-state index in [4.69, 9.17) is 5.26 Å². The molecule has 2 N–H and O–H groups in total. The number of piperidine rings is 1. The van der Waals surface area contributed by atoms with Gasteiger partial charge in [-0.2, -0.15) is 5.26 Å². The van der Waals surface area contributed by atoms with E-state index in [1.54, 1.807) is 23.9 Å². The first kappa shape index (κ1) is 15.6. The average molecular weight is 288 g/mol. The van der Waals surface area contributed by atoms with Crippen molar-refractivity contribution in [1.82, 2.24) is 15.2 Å². The summed E-state index contributed by atoms with van der Waals surface area (Å²) in [4.78, 5) is 12.4. The van der Waals surface area contributed by atoms with Crippen LogP contribution in [0.3, 0.4) is 0 Å². The first-order chi connectivity index (χ1) is 9.62. The molecule has 5 heteroatoms. The molecule has 1 saturated heterocycles. The van der Waals surface area contributed by atoms with Gasteiger partial charge in [-0.15, -0.1) is 0 Å². The lowest BCUT2D eigenvalue weighted by Crippen LogP contribution is -2.62. The summed E-state index contributed by atoms with van der Waals surface area (Å²) in [5.41, 5.74) is 1.02. The van der Waals surface area contributed by atoms with Crippen molar-refractivity contribution < 1.29 is 4.79 Å². The Bertz CT molecular complexity index is 576. The van der Waals surface area contributed by atoms with Crippen LogP contribution in [0.5, 0.6) is 0 Å². The van der Waals surface area contributed by atoms with Gasteiger partial charge < -0.3 is 15.2 Å². The molecule has 1 aromatic rings. The first-order valence-electron chi connectivity index (χ1n) is 7.29. The summed E-state index contributed by atoms with van der Waals surface area (Å²) in [6.07, 6.45) is 3.45. The predicted molar refractivity (Wildman–Crippen MR) is 81.9 cm³/mol. The second-order valence-electron chi connectivity index (χ2n) is 7.31. The Labute approximate surface area is 126 Å². The average Bonchev–Trinajstić information content (AvgIpc) is 2.66. The Kier molecular flexibility index (Phi) is 3.85. The quantitative estimate of drug-likeness (QED) is 0.873. The maximum Gasteiger partial charge on any atom is 0.268 e. The highest BCUT2D eigenvalue weighted by Crippen LogP contribution is 2.28. The SMILES string of the molecule is Cn1cc(C#N)cc1C(=O)NC1CC(C)(C)NC(C)(C)C1. The van der Waals surface area contributed by atoms with Crippen LogP contribution in [-0.4, -0.2) is 27.6 Å². The van der Waals surface area contributed by atoms with Crippen molar-refractivity contribution in [2.75, 3.05) is 0 Å². The summed E-state index contributed by atoms with van der Waals surface area (Å²) < 4.78 is 1.70. The number of nitrogens with one attached hydrogen (secondary N) is 2. The normalized spacial score (nSPS) is 20.8. The van der Waals surface area contributed by atoms with Crippen LogP contribution < -0.4 is 10.6 Å². The van der Waals surface area contributed by atoms with Crippen molar-refractivity contribution in [3.8, 4) is 6.07 Å². The number of nitrogens with zero attached hydrogens (tertiary/aromatic N) is 2. The summed E-state index contributed by atoms with van der Waals surface area (Å²) in [5, 5.41) is 15.6. The van der Waals surface area contributed by atoms with Crippen LogP contribution in [-0.2, 0) is 7.05 Å². The Balaban J connectivity index is 2.12. The number of rotatable bonds is 2. The van der Waals surface area contributed by atoms with Crippen LogP contribution in [0, 0.1) is 11.3 Å². The first-order valence-corrected chi connectivity index (χ1v) is 7.29. The molecule has 0 aliphatic carbocycles. The number of aryl methyl sites for hydroxylation is 1. The molecule has 2 heterocycles. The molecule has 0 unspecified atom stereocenters. The molecule has 0 atom stereocenters. The van der Waals surface area contributed by atoms with Crippen LogP contribution in [0.15, 0.2) is 12.3 Å². The monoisotopic (exact) mass is 288 g/mol. The number of hydrogen-bond donors (Lipinski definition) is 2. The molecule has 1 aliphatic heterocycles. The van der Waals surface area contributed by atoms with E-state index in [2.05, 4.69) is 44.4 Å². The standard InChI is InChI=1S/C16H24N4O/c1-15(2)7-12(8-16(3,4)19-15)18-14(21)13-6-11(9-17)10-20(13)5/h6,10,12,19H,7-8H2,1-5H3,(H,18,21). The Morgan fingerprint density at radius 2 is 1.95 bits per heavy atom. The van der Waals surface area contributed by atoms with Gasteiger partial charge in [0.15, 0.2) is 0 Å². The van der Waals surface area contributed by atoms with Crippen molar-refractivity contribution in [2.24, 2.45) is 7.05 Å². The maximum atomic E-state index is 12.4. The van der Waals surface area contributed by atoms with Crippen LogP contribution in [0.2, 0.25) is 0 Å². The Morgan fingerprint density at radius 3 is 2.43 bits per heavy atom. The number of nitriles is 1. The summed E-state index contributed by atoms with van der Waals surface area (Å²) >= 11 is 0. The van der Waals surface area contributed by atoms with Gasteiger partial charge in [0.05, 0.1) is 5.56 Å². The lowest BCUT2D eigenvalue weighted by molar-refractivity contribution is 0.0865. The molecule has 5 nitrogen and oxygen atoms in total. The van der Waals surface area contributed by atoms with Crippen molar-refractivity contribution in [2.45, 2.75) is 57.7 Å². The van der Waals surface area contributed by atoms with Crippen LogP contribution in [0.4, 0.5) is 0 Å². The molecule has 21 heavy (non-hydrogen) atoms. The minimum Gasteiger partial charge on any atom is -0.348 e. The minimum absolute atomic E-state index is 0.00821. The number of carbonyl (C=O) groups is 1. The van der Waals surface area contributed by atoms with Crippen molar-refractivity contribution in [3.63, 3.8) is 0 Å². The van der Waals surface area contributed by atoms with Gasteiger partial charge >= 0.3 is 0 Å². The largest absolute Gasteiger partial charge is 0.348 e. The highest BCUT2D eigenvalue weighted by Gasteiger charge is 2.38. The van der Waals surface area contributed by atoms with Gasteiger partial charge in [-0.05, 0) is 46.6 Å². The molecule has 1 fully saturated rings. The number of aromatic nitrogens is 1. The van der Waals surface area contributed by atoms with E-state index >= 15 is 0 Å². The fraction of sp³-hybridized carbons (Fsp3) is 0.625. The van der Waals surface area contributed by atoms with E-state index < -0.39 is 0 Å². The molecule has 1 aromatic heterocycles. The molecule has 0 bridgehead atoms. The minimum atomic E-state index is -0.113. The van der Waals surface area contributed by atoms with Crippen molar-refractivity contribution >= 4 is 5.91 Å². The van der Waals surface area contributed by atoms with E-state index in [1.165, 1.54) is 0 Å². The van der Waals surface area contributed by atoms with Gasteiger partial charge in [-0.25, -0.2) is 0 Å². The van der Waals surface area contributed by atoms with Crippen LogP contribution in [0.25, 0.3) is 0 Å². The third-order valence-electron chi connectivity index (χ3n) is 3.89. The van der Waals surface area contributed by atoms with Crippen molar-refractivity contribution in [3.05, 3.63) is 23.5 Å². The zero-order valence-electron chi connectivity index (χ0n) is 13.4. The summed E-state index contributed by atoms with van der Waals surface area (Å²) in [7, 11) is 1.78. The number of amides is 1. The topological polar surface area (TPSA) is 69.8 Å². The number of carbonyl (C=O) groups excluding carboxylic acids is 1. The van der Waals surface area contributed by atoms with Gasteiger partial charge in [0.1, 0.15) is 11.8 Å². The van der Waals surface area contributed by atoms with Crippen LogP contribution in [0.1, 0.15) is 56.6 Å². The van der Waals surface area contributed by atoms with Crippen molar-refractivity contribution in [1.29, 1.82) is 5.26 Å². The van der Waals surface area contributed by atoms with Gasteiger partial charge in [0, 0.05) is 30.4 Å². The summed E-state index contributed by atoms with van der Waals surface area (Å²) in [5.74, 6) is -0.113. The van der Waals surface area contributed by atoms with E-state index in [-0.39, 0.29) is 23.0 Å². The van der Waals surface area contributed by atoms with E-state index in [0.717, 1.165) is 12.8 Å². The lowest BCUT2D eigenvalue weighted by Gasteiger charge is -2.46. The second-order valence-corrected chi connectivity index (χ2v) is 7.31. The Morgan fingerprint density at radius 1 is 1.38 bits per heavy atom. The second kappa shape index (κ2) is 5.19. The predicted octanol–water partition coefficient (Wildman–Crippen LogP) is 1.94. The van der Waals surface area contributed by atoms with E-state index in [0.29, 0.717) is 11.3 Å². The third-order valence-corrected chi connectivity index (χ3v) is 3.89. The van der Waals surface area contributed by atoms with E-state index in [1.807, 2.05) is 0 Å². The molecule has 1 amide bonds. The smallest absolute Gasteiger partial charge is 0.268 e. The van der Waals surface area contributed by atoms with Gasteiger partial charge in [0.25, 0.3) is 5.91 Å². The van der Waals surface area contributed by atoms with Gasteiger partial charge in [-0.3, -0.25) is 4.79 Å². The van der Waals surface area contributed by atoms with Gasteiger partial charge in [-0.1, -0.05) is 0 Å². The summed E-state index contributed by atoms with van der Waals surface area (Å²) in [6, 6.07) is 3.82. The van der Waals surface area contributed by atoms with Crippen LogP contribution >= 0.6 is 0 Å². The molecular weight excluding hydrogens is 264 g/mol. The molecule has 0 radical (unpaired) electrons. The molecule has 2 rings (SSSR count). The highest BCUT2D eigenvalue weighted by molar-refractivity contribution is 5.93. The molecule has 1 aliphatic rings. The zero-order valence-corrected chi connectivity index (χ0v) is 13.4. The molecule has 0 aromatic carbocycles. The molecular formula is C16H24N4O. The zero-order chi connectivity index (χ0) is 15.8. The fourth-order valence-electron chi connectivity index (χ4n) is 3.54. The summed E-state index contributed by atoms with van der Waals surface area (Å²) in [6.45, 7) is 8.62. The third kappa shape index (κ3) is 3.64. The molecule has 114 valence electrons. The lowest BCUT2D eigenvalue weighted by atomic mass is 9.79.